The maximum Gasteiger partial charge on any atom is 0.416 e. The number of nitrogens with zero attached hydrogens (tertiary/aromatic N) is 3. The van der Waals surface area contributed by atoms with Crippen molar-refractivity contribution in [3.05, 3.63) is 59.3 Å². The van der Waals surface area contributed by atoms with E-state index in [9.17, 15) is 18.0 Å². The van der Waals surface area contributed by atoms with Crippen molar-refractivity contribution < 1.29 is 18.0 Å². The van der Waals surface area contributed by atoms with E-state index < -0.39 is 11.7 Å². The maximum atomic E-state index is 12.9. The lowest BCUT2D eigenvalue weighted by Gasteiger charge is -2.34. The summed E-state index contributed by atoms with van der Waals surface area (Å²) in [5.41, 5.74) is 0.875. The molecule has 0 bridgehead atoms. The van der Waals surface area contributed by atoms with E-state index in [1.54, 1.807) is 12.3 Å². The molecule has 5 nitrogen and oxygen atoms in total. The number of likely N-dealkylation sites (N-methyl/N-ethyl adjacent to an activating group) is 1. The summed E-state index contributed by atoms with van der Waals surface area (Å²) in [6, 6.07) is 9.17. The quantitative estimate of drug-likeness (QED) is 0.757. The van der Waals surface area contributed by atoms with E-state index in [0.29, 0.717) is 18.5 Å². The first-order chi connectivity index (χ1) is 14.8. The molecule has 8 heteroatoms. The molecule has 0 spiro atoms. The number of carbonyl (C=O) groups is 1. The number of nitrogens with one attached hydrogen (secondary N) is 1. The average molecular weight is 432 g/mol. The molecule has 1 N–H and O–H groups in total. The molecule has 2 fully saturated rings. The number of aromatic nitrogens is 1. The Morgan fingerprint density at radius 3 is 2.65 bits per heavy atom. The van der Waals surface area contributed by atoms with E-state index in [4.69, 9.17) is 0 Å². The topological polar surface area (TPSA) is 48.5 Å². The van der Waals surface area contributed by atoms with E-state index in [1.807, 2.05) is 12.1 Å². The van der Waals surface area contributed by atoms with Crippen LogP contribution in [0.15, 0.2) is 42.6 Å². The minimum atomic E-state index is -4.37. The molecule has 1 aliphatic carbocycles. The summed E-state index contributed by atoms with van der Waals surface area (Å²) in [6.07, 6.45) is -2.03. The highest BCUT2D eigenvalue weighted by atomic mass is 19.4. The number of hydrogen-bond acceptors (Lipinski definition) is 4. The Morgan fingerprint density at radius 1 is 1.16 bits per heavy atom. The zero-order valence-electron chi connectivity index (χ0n) is 17.5. The zero-order valence-corrected chi connectivity index (χ0v) is 17.5. The molecule has 1 saturated heterocycles. The van der Waals surface area contributed by atoms with E-state index in [1.165, 1.54) is 6.07 Å². The Labute approximate surface area is 180 Å². The first-order valence-electron chi connectivity index (χ1n) is 10.7. The average Bonchev–Trinajstić information content (AvgIpc) is 3.58. The summed E-state index contributed by atoms with van der Waals surface area (Å²) < 4.78 is 38.8. The third-order valence-electron chi connectivity index (χ3n) is 6.19. The Bertz CT molecular complexity index is 925. The van der Waals surface area contributed by atoms with Crippen LogP contribution in [0.2, 0.25) is 0 Å². The fourth-order valence-corrected chi connectivity index (χ4v) is 4.16. The highest BCUT2D eigenvalue weighted by molar-refractivity contribution is 5.82. The molecule has 31 heavy (non-hydrogen) atoms. The molecule has 2 atom stereocenters. The predicted molar refractivity (Wildman–Crippen MR) is 113 cm³/mol. The molecule has 2 aromatic rings. The Balaban J connectivity index is 1.31. The molecule has 1 aliphatic heterocycles. The molecule has 4 rings (SSSR count). The molecule has 1 amide bonds. The van der Waals surface area contributed by atoms with Gasteiger partial charge in [0, 0.05) is 44.8 Å². The van der Waals surface area contributed by atoms with Gasteiger partial charge in [-0.05, 0) is 48.2 Å². The van der Waals surface area contributed by atoms with Gasteiger partial charge in [0.1, 0.15) is 5.82 Å². The van der Waals surface area contributed by atoms with Gasteiger partial charge >= 0.3 is 6.18 Å². The number of amides is 1. The smallest absolute Gasteiger partial charge is 0.354 e. The van der Waals surface area contributed by atoms with Crippen molar-refractivity contribution in [2.45, 2.75) is 32.0 Å². The second kappa shape index (κ2) is 8.86. The van der Waals surface area contributed by atoms with E-state index in [2.05, 4.69) is 27.0 Å². The summed E-state index contributed by atoms with van der Waals surface area (Å²) in [6.45, 7) is 7.48. The third kappa shape index (κ3) is 5.18. The van der Waals surface area contributed by atoms with Crippen molar-refractivity contribution in [2.24, 2.45) is 5.92 Å². The number of pyridine rings is 1. The number of benzene rings is 1. The highest BCUT2D eigenvalue weighted by Gasteiger charge is 2.44. The van der Waals surface area contributed by atoms with Gasteiger partial charge in [-0.3, -0.25) is 4.79 Å². The van der Waals surface area contributed by atoms with Gasteiger partial charge in [0.05, 0.1) is 5.56 Å². The van der Waals surface area contributed by atoms with E-state index in [-0.39, 0.29) is 17.7 Å². The first-order valence-corrected chi connectivity index (χ1v) is 10.7. The van der Waals surface area contributed by atoms with Crippen LogP contribution in [0.1, 0.15) is 36.0 Å². The van der Waals surface area contributed by atoms with Gasteiger partial charge in [0.2, 0.25) is 5.91 Å². The molecule has 0 radical (unpaired) electrons. The maximum absolute atomic E-state index is 12.9. The lowest BCUT2D eigenvalue weighted by atomic mass is 10.1. The van der Waals surface area contributed by atoms with Crippen molar-refractivity contribution in [1.29, 1.82) is 0 Å². The number of alkyl halides is 3. The molecule has 2 unspecified atom stereocenters. The number of rotatable bonds is 6. The number of anilines is 1. The van der Waals surface area contributed by atoms with Crippen LogP contribution in [-0.4, -0.2) is 48.5 Å². The molecule has 2 aliphatic rings. The van der Waals surface area contributed by atoms with Crippen LogP contribution < -0.4 is 10.2 Å². The molecular weight excluding hydrogens is 405 g/mol. The Kier molecular flexibility index (Phi) is 6.18. The van der Waals surface area contributed by atoms with Crippen molar-refractivity contribution in [1.82, 2.24) is 15.2 Å². The first kappa shape index (κ1) is 21.6. The third-order valence-corrected chi connectivity index (χ3v) is 6.19. The van der Waals surface area contributed by atoms with Crippen molar-refractivity contribution >= 4 is 11.7 Å². The summed E-state index contributed by atoms with van der Waals surface area (Å²) >= 11 is 0. The van der Waals surface area contributed by atoms with Gasteiger partial charge in [0.25, 0.3) is 0 Å². The van der Waals surface area contributed by atoms with Crippen LogP contribution in [0, 0.1) is 5.92 Å². The number of carbonyl (C=O) groups excluding carboxylic acids is 1. The van der Waals surface area contributed by atoms with Gasteiger partial charge in [-0.1, -0.05) is 25.1 Å². The zero-order chi connectivity index (χ0) is 22.0. The molecular formula is C23H27F3N4O. The highest BCUT2D eigenvalue weighted by Crippen LogP contribution is 2.48. The van der Waals surface area contributed by atoms with Crippen LogP contribution in [0.25, 0.3) is 0 Å². The van der Waals surface area contributed by atoms with E-state index in [0.717, 1.165) is 56.2 Å². The van der Waals surface area contributed by atoms with Crippen molar-refractivity contribution in [2.75, 3.05) is 37.6 Å². The largest absolute Gasteiger partial charge is 0.416 e. The number of halogens is 3. The molecule has 1 aromatic heterocycles. The molecule has 1 aromatic carbocycles. The fraction of sp³-hybridized carbons (Fsp3) is 0.478. The molecule has 2 heterocycles. The van der Waals surface area contributed by atoms with Crippen LogP contribution in [0.3, 0.4) is 0 Å². The lowest BCUT2D eigenvalue weighted by molar-refractivity contribution is -0.137. The summed E-state index contributed by atoms with van der Waals surface area (Å²) in [4.78, 5) is 21.7. The monoisotopic (exact) mass is 432 g/mol. The minimum absolute atomic E-state index is 0.114. The Hall–Kier alpha value is -2.61. The summed E-state index contributed by atoms with van der Waals surface area (Å²) in [7, 11) is 0. The summed E-state index contributed by atoms with van der Waals surface area (Å²) in [5, 5.41) is 2.94. The van der Waals surface area contributed by atoms with Crippen LogP contribution in [0.4, 0.5) is 19.0 Å². The van der Waals surface area contributed by atoms with Crippen molar-refractivity contribution in [3.8, 4) is 0 Å². The molecule has 1 saturated carbocycles. The second-order valence-corrected chi connectivity index (χ2v) is 8.23. The van der Waals surface area contributed by atoms with Gasteiger partial charge in [-0.25, -0.2) is 4.98 Å². The number of hydrogen-bond donors (Lipinski definition) is 1. The SMILES string of the molecule is CCN1CCN(c2cc(CNC(=O)C3CC3c3cccc(C(F)(F)F)c3)ccn2)CC1. The standard InChI is InChI=1S/C23H27F3N4O/c1-2-29-8-10-30(11-9-29)21-12-16(6-7-27-21)15-28-22(31)20-14-19(20)17-4-3-5-18(13-17)23(24,25)26/h3-7,12-13,19-20H,2,8-11,14-15H2,1H3,(H,28,31). The second-order valence-electron chi connectivity index (χ2n) is 8.23. The van der Waals surface area contributed by atoms with Gasteiger partial charge < -0.3 is 15.1 Å². The minimum Gasteiger partial charge on any atom is -0.354 e. The number of piperazine rings is 1. The van der Waals surface area contributed by atoms with Gasteiger partial charge in [0.15, 0.2) is 0 Å². The lowest BCUT2D eigenvalue weighted by Crippen LogP contribution is -2.46. The summed E-state index contributed by atoms with van der Waals surface area (Å²) in [5.74, 6) is 0.380. The van der Waals surface area contributed by atoms with Crippen LogP contribution in [-0.2, 0) is 17.5 Å². The van der Waals surface area contributed by atoms with Crippen LogP contribution in [0.5, 0.6) is 0 Å². The van der Waals surface area contributed by atoms with Crippen molar-refractivity contribution in [3.63, 3.8) is 0 Å². The molecule has 166 valence electrons. The van der Waals surface area contributed by atoms with E-state index >= 15 is 0 Å². The van der Waals surface area contributed by atoms with Gasteiger partial charge in [-0.2, -0.15) is 13.2 Å². The predicted octanol–water partition coefficient (Wildman–Crippen LogP) is 3.66. The Morgan fingerprint density at radius 2 is 1.94 bits per heavy atom. The fourth-order valence-electron chi connectivity index (χ4n) is 4.16. The normalized spacial score (nSPS) is 21.7. The van der Waals surface area contributed by atoms with Gasteiger partial charge in [-0.15, -0.1) is 0 Å². The van der Waals surface area contributed by atoms with Crippen LogP contribution >= 0.6 is 0 Å².